The van der Waals surface area contributed by atoms with E-state index in [-0.39, 0.29) is 0 Å². The third-order valence-electron chi connectivity index (χ3n) is 3.65. The van der Waals surface area contributed by atoms with E-state index in [0.29, 0.717) is 5.92 Å². The van der Waals surface area contributed by atoms with Crippen LogP contribution in [-0.2, 0) is 20.0 Å². The zero-order chi connectivity index (χ0) is 12.5. The molecule has 3 rings (SSSR count). The monoisotopic (exact) mass is 261 g/mol. The fourth-order valence-corrected chi connectivity index (χ4v) is 2.91. The van der Waals surface area contributed by atoms with Gasteiger partial charge in [0, 0.05) is 26.1 Å². The third kappa shape index (κ3) is 2.04. The van der Waals surface area contributed by atoms with Gasteiger partial charge in [0.2, 0.25) is 0 Å². The van der Waals surface area contributed by atoms with Crippen LogP contribution in [0.3, 0.4) is 0 Å². The Morgan fingerprint density at radius 3 is 3.06 bits per heavy atom. The van der Waals surface area contributed by atoms with Gasteiger partial charge >= 0.3 is 0 Å². The van der Waals surface area contributed by atoms with Crippen molar-refractivity contribution in [2.24, 2.45) is 7.05 Å². The Labute approximate surface area is 112 Å². The molecule has 0 fully saturated rings. The normalized spacial score (nSPS) is 18.7. The number of benzene rings is 1. The maximum absolute atomic E-state index is 6.19. The summed E-state index contributed by atoms with van der Waals surface area (Å²) in [6.45, 7) is 1.96. The van der Waals surface area contributed by atoms with Gasteiger partial charge in [0.25, 0.3) is 0 Å². The molecular formula is C14H16ClN3. The quantitative estimate of drug-likeness (QED) is 0.900. The summed E-state index contributed by atoms with van der Waals surface area (Å²) >= 11 is 6.19. The maximum atomic E-state index is 6.19. The Morgan fingerprint density at radius 2 is 2.28 bits per heavy atom. The van der Waals surface area contributed by atoms with Crippen molar-refractivity contribution in [1.29, 1.82) is 0 Å². The van der Waals surface area contributed by atoms with Crippen molar-refractivity contribution in [1.82, 2.24) is 15.1 Å². The van der Waals surface area contributed by atoms with Crippen LogP contribution < -0.4 is 5.32 Å². The number of nitrogens with one attached hydrogen (secondary N) is 1. The molecule has 94 valence electrons. The second-order valence-corrected chi connectivity index (χ2v) is 5.20. The lowest BCUT2D eigenvalue weighted by Gasteiger charge is -2.26. The van der Waals surface area contributed by atoms with Gasteiger partial charge in [-0.2, -0.15) is 5.10 Å². The van der Waals surface area contributed by atoms with Crippen molar-refractivity contribution in [3.8, 4) is 0 Å². The first-order valence-electron chi connectivity index (χ1n) is 6.20. The van der Waals surface area contributed by atoms with Gasteiger partial charge in [0.05, 0.1) is 16.9 Å². The van der Waals surface area contributed by atoms with Gasteiger partial charge in [-0.05, 0) is 17.5 Å². The van der Waals surface area contributed by atoms with E-state index in [1.165, 1.54) is 11.1 Å². The van der Waals surface area contributed by atoms with Crippen LogP contribution in [0.2, 0.25) is 5.02 Å². The van der Waals surface area contributed by atoms with Gasteiger partial charge in [-0.3, -0.25) is 4.68 Å². The number of hydrogen-bond donors (Lipinski definition) is 1. The first-order valence-corrected chi connectivity index (χ1v) is 6.58. The highest BCUT2D eigenvalue weighted by molar-refractivity contribution is 6.31. The molecule has 18 heavy (non-hydrogen) atoms. The molecule has 0 saturated carbocycles. The van der Waals surface area contributed by atoms with Crippen LogP contribution in [0.1, 0.15) is 22.7 Å². The number of halogens is 1. The lowest BCUT2D eigenvalue weighted by molar-refractivity contribution is 0.524. The van der Waals surface area contributed by atoms with Crippen molar-refractivity contribution in [2.45, 2.75) is 18.9 Å². The molecule has 2 heterocycles. The molecule has 1 aliphatic heterocycles. The molecular weight excluding hydrogens is 246 g/mol. The van der Waals surface area contributed by atoms with Crippen LogP contribution in [-0.4, -0.2) is 16.3 Å². The molecule has 1 N–H and O–H groups in total. The summed E-state index contributed by atoms with van der Waals surface area (Å²) in [7, 11) is 1.95. The summed E-state index contributed by atoms with van der Waals surface area (Å²) in [5.41, 5.74) is 3.95. The largest absolute Gasteiger partial charge is 0.312 e. The van der Waals surface area contributed by atoms with Crippen LogP contribution in [0.15, 0.2) is 30.5 Å². The predicted octanol–water partition coefficient (Wildman–Crippen LogP) is 2.50. The fraction of sp³-hybridized carbons (Fsp3) is 0.357. The van der Waals surface area contributed by atoms with E-state index >= 15 is 0 Å². The minimum atomic E-state index is 0.475. The minimum absolute atomic E-state index is 0.475. The topological polar surface area (TPSA) is 29.9 Å². The van der Waals surface area contributed by atoms with Gasteiger partial charge in [0.15, 0.2) is 0 Å². The highest BCUT2D eigenvalue weighted by atomic mass is 35.5. The molecule has 1 unspecified atom stereocenters. The zero-order valence-corrected chi connectivity index (χ0v) is 11.1. The number of aryl methyl sites for hydroxylation is 1. The van der Waals surface area contributed by atoms with Crippen molar-refractivity contribution in [3.05, 3.63) is 52.3 Å². The average molecular weight is 262 g/mol. The lowest BCUT2D eigenvalue weighted by atomic mass is 9.87. The molecule has 1 aromatic heterocycles. The standard InChI is InChI=1S/C14H16ClN3/c1-18-14(13(15)9-17-18)6-11-8-16-7-10-4-2-3-5-12(10)11/h2-5,9,11,16H,6-8H2,1H3. The first-order chi connectivity index (χ1) is 8.75. The summed E-state index contributed by atoms with van der Waals surface area (Å²) in [4.78, 5) is 0. The van der Waals surface area contributed by atoms with E-state index in [4.69, 9.17) is 11.6 Å². The van der Waals surface area contributed by atoms with Gasteiger partial charge < -0.3 is 5.32 Å². The van der Waals surface area contributed by atoms with E-state index in [1.807, 2.05) is 11.7 Å². The maximum Gasteiger partial charge on any atom is 0.0817 e. The van der Waals surface area contributed by atoms with E-state index in [1.54, 1.807) is 6.20 Å². The SMILES string of the molecule is Cn1ncc(Cl)c1CC1CNCc2ccccc21. The Balaban J connectivity index is 1.91. The molecule has 0 bridgehead atoms. The van der Waals surface area contributed by atoms with Gasteiger partial charge in [-0.1, -0.05) is 35.9 Å². The molecule has 2 aromatic rings. The summed E-state index contributed by atoms with van der Waals surface area (Å²) in [6, 6.07) is 8.63. The molecule has 0 radical (unpaired) electrons. The Morgan fingerprint density at radius 1 is 1.44 bits per heavy atom. The van der Waals surface area contributed by atoms with Crippen LogP contribution in [0.4, 0.5) is 0 Å². The number of hydrogen-bond acceptors (Lipinski definition) is 2. The summed E-state index contributed by atoms with van der Waals surface area (Å²) in [5, 5.41) is 8.44. The highest BCUT2D eigenvalue weighted by Crippen LogP contribution is 2.29. The lowest BCUT2D eigenvalue weighted by Crippen LogP contribution is -2.29. The Hall–Kier alpha value is -1.32. The molecule has 1 atom stereocenters. The molecule has 1 aromatic carbocycles. The average Bonchev–Trinajstić information content (AvgIpc) is 2.71. The Kier molecular flexibility index (Phi) is 3.10. The predicted molar refractivity (Wildman–Crippen MR) is 72.8 cm³/mol. The molecule has 3 nitrogen and oxygen atoms in total. The first kappa shape index (κ1) is 11.8. The number of nitrogens with zero attached hydrogens (tertiary/aromatic N) is 2. The minimum Gasteiger partial charge on any atom is -0.312 e. The molecule has 0 aliphatic carbocycles. The van der Waals surface area contributed by atoms with Crippen LogP contribution in [0.25, 0.3) is 0 Å². The fourth-order valence-electron chi connectivity index (χ4n) is 2.67. The summed E-state index contributed by atoms with van der Waals surface area (Å²) in [6.07, 6.45) is 2.65. The molecule has 0 amide bonds. The van der Waals surface area contributed by atoms with Gasteiger partial charge in [0.1, 0.15) is 0 Å². The van der Waals surface area contributed by atoms with Crippen LogP contribution in [0, 0.1) is 0 Å². The van der Waals surface area contributed by atoms with Crippen LogP contribution >= 0.6 is 11.6 Å². The van der Waals surface area contributed by atoms with Crippen LogP contribution in [0.5, 0.6) is 0 Å². The second-order valence-electron chi connectivity index (χ2n) is 4.79. The van der Waals surface area contributed by atoms with Crippen molar-refractivity contribution < 1.29 is 0 Å². The van der Waals surface area contributed by atoms with E-state index in [2.05, 4.69) is 34.7 Å². The number of aromatic nitrogens is 2. The van der Waals surface area contributed by atoms with E-state index in [9.17, 15) is 0 Å². The van der Waals surface area contributed by atoms with Gasteiger partial charge in [-0.25, -0.2) is 0 Å². The van der Waals surface area contributed by atoms with E-state index in [0.717, 1.165) is 30.2 Å². The van der Waals surface area contributed by atoms with Crippen molar-refractivity contribution in [3.63, 3.8) is 0 Å². The summed E-state index contributed by atoms with van der Waals surface area (Å²) in [5.74, 6) is 0.475. The Bertz CT molecular complexity index is 542. The molecule has 1 aliphatic rings. The zero-order valence-electron chi connectivity index (χ0n) is 10.4. The number of rotatable bonds is 2. The highest BCUT2D eigenvalue weighted by Gasteiger charge is 2.22. The number of fused-ring (bicyclic) bond motifs is 1. The second kappa shape index (κ2) is 4.75. The van der Waals surface area contributed by atoms with Crippen molar-refractivity contribution >= 4 is 11.6 Å². The smallest absolute Gasteiger partial charge is 0.0817 e. The van der Waals surface area contributed by atoms with E-state index < -0.39 is 0 Å². The van der Waals surface area contributed by atoms with Gasteiger partial charge in [-0.15, -0.1) is 0 Å². The molecule has 0 saturated heterocycles. The third-order valence-corrected chi connectivity index (χ3v) is 3.97. The molecule has 0 spiro atoms. The van der Waals surface area contributed by atoms with Crippen molar-refractivity contribution in [2.75, 3.05) is 6.54 Å². The molecule has 4 heteroatoms. The summed E-state index contributed by atoms with van der Waals surface area (Å²) < 4.78 is 1.87.